The number of guanidine groups is 1. The normalized spacial score (nSPS) is 20.4. The van der Waals surface area contributed by atoms with Gasteiger partial charge in [-0.15, -0.1) is 24.0 Å². The van der Waals surface area contributed by atoms with E-state index < -0.39 is 5.41 Å². The Kier molecular flexibility index (Phi) is 9.62. The van der Waals surface area contributed by atoms with Crippen molar-refractivity contribution >= 4 is 35.8 Å². The number of morpholine rings is 1. The Bertz CT molecular complexity index is 661. The van der Waals surface area contributed by atoms with Crippen LogP contribution in [0.25, 0.3) is 0 Å². The quantitative estimate of drug-likeness (QED) is 0.285. The highest BCUT2D eigenvalue weighted by molar-refractivity contribution is 14.0. The molecule has 0 radical (unpaired) electrons. The molecular weight excluding hydrogens is 474 g/mol. The van der Waals surface area contributed by atoms with Gasteiger partial charge in [-0.05, 0) is 24.6 Å². The predicted molar refractivity (Wildman–Crippen MR) is 121 cm³/mol. The Labute approximate surface area is 184 Å². The van der Waals surface area contributed by atoms with Crippen molar-refractivity contribution in [1.29, 1.82) is 0 Å². The summed E-state index contributed by atoms with van der Waals surface area (Å²) in [5, 5.41) is 6.21. The number of halogens is 2. The molecule has 0 saturated carbocycles. The van der Waals surface area contributed by atoms with Crippen molar-refractivity contribution in [3.05, 3.63) is 35.6 Å². The van der Waals surface area contributed by atoms with E-state index in [2.05, 4.69) is 20.5 Å². The Morgan fingerprint density at radius 3 is 2.39 bits per heavy atom. The van der Waals surface area contributed by atoms with Gasteiger partial charge in [0.1, 0.15) is 11.9 Å². The molecule has 0 spiro atoms. The van der Waals surface area contributed by atoms with Crippen LogP contribution in [-0.4, -0.2) is 56.1 Å². The zero-order chi connectivity index (χ0) is 20.0. The predicted octanol–water partition coefficient (Wildman–Crippen LogP) is 2.94. The van der Waals surface area contributed by atoms with Gasteiger partial charge in [0.2, 0.25) is 5.91 Å². The molecule has 28 heavy (non-hydrogen) atoms. The van der Waals surface area contributed by atoms with Crippen molar-refractivity contribution in [3.8, 4) is 0 Å². The Morgan fingerprint density at radius 1 is 1.21 bits per heavy atom. The van der Waals surface area contributed by atoms with E-state index >= 15 is 0 Å². The number of amides is 1. The first-order chi connectivity index (χ1) is 12.7. The minimum absolute atomic E-state index is 0. The molecule has 1 aliphatic heterocycles. The second-order valence-corrected chi connectivity index (χ2v) is 7.87. The van der Waals surface area contributed by atoms with E-state index in [9.17, 15) is 9.18 Å². The molecule has 1 amide bonds. The van der Waals surface area contributed by atoms with Crippen molar-refractivity contribution in [2.75, 3.05) is 33.2 Å². The van der Waals surface area contributed by atoms with Crippen molar-refractivity contribution in [2.45, 2.75) is 39.9 Å². The molecule has 0 aromatic heterocycles. The smallest absolute Gasteiger partial charge is 0.225 e. The van der Waals surface area contributed by atoms with Crippen molar-refractivity contribution in [3.63, 3.8) is 0 Å². The molecule has 2 N–H and O–H groups in total. The molecule has 6 nitrogen and oxygen atoms in total. The summed E-state index contributed by atoms with van der Waals surface area (Å²) < 4.78 is 19.2. The van der Waals surface area contributed by atoms with Crippen LogP contribution in [0.1, 0.15) is 39.4 Å². The summed E-state index contributed by atoms with van der Waals surface area (Å²) in [7, 11) is 1.74. The monoisotopic (exact) mass is 506 g/mol. The van der Waals surface area contributed by atoms with Crippen LogP contribution in [0.5, 0.6) is 0 Å². The van der Waals surface area contributed by atoms with Gasteiger partial charge in [0.25, 0.3) is 0 Å². The van der Waals surface area contributed by atoms with Gasteiger partial charge in [-0.25, -0.2) is 4.39 Å². The number of nitrogens with one attached hydrogen (secondary N) is 2. The summed E-state index contributed by atoms with van der Waals surface area (Å²) in [6.45, 7) is 10.1. The second-order valence-electron chi connectivity index (χ2n) is 7.87. The summed E-state index contributed by atoms with van der Waals surface area (Å²) in [5.41, 5.74) is 0.546. The maximum Gasteiger partial charge on any atom is 0.225 e. The fraction of sp³-hybridized carbons (Fsp3) is 0.600. The van der Waals surface area contributed by atoms with Gasteiger partial charge in [-0.3, -0.25) is 9.79 Å². The third kappa shape index (κ3) is 7.20. The van der Waals surface area contributed by atoms with E-state index in [-0.39, 0.29) is 47.9 Å². The van der Waals surface area contributed by atoms with Crippen LogP contribution in [0.4, 0.5) is 4.39 Å². The molecule has 2 unspecified atom stereocenters. The molecule has 8 heteroatoms. The van der Waals surface area contributed by atoms with Crippen LogP contribution in [-0.2, 0) is 9.53 Å². The van der Waals surface area contributed by atoms with Gasteiger partial charge >= 0.3 is 0 Å². The molecule has 0 bridgehead atoms. The number of rotatable bonds is 4. The number of hydrogen-bond acceptors (Lipinski definition) is 3. The highest BCUT2D eigenvalue weighted by atomic mass is 127. The van der Waals surface area contributed by atoms with Crippen LogP contribution in [0, 0.1) is 11.2 Å². The minimum Gasteiger partial charge on any atom is -0.367 e. The molecule has 1 aliphatic rings. The van der Waals surface area contributed by atoms with Gasteiger partial charge in [-0.1, -0.05) is 32.9 Å². The lowest BCUT2D eigenvalue weighted by molar-refractivity contribution is -0.128. The number of carbonyl (C=O) groups is 1. The van der Waals surface area contributed by atoms with Gasteiger partial charge in [0.05, 0.1) is 12.6 Å². The molecule has 158 valence electrons. The third-order valence-corrected chi connectivity index (χ3v) is 4.39. The molecule has 1 fully saturated rings. The SMILES string of the molecule is CN=C(NCCNC(=O)C(C)(C)C)N1CC(C)OC(c2ccc(F)cc2)C1.I. The largest absolute Gasteiger partial charge is 0.367 e. The molecule has 1 saturated heterocycles. The van der Waals surface area contributed by atoms with E-state index in [0.717, 1.165) is 11.5 Å². The number of carbonyl (C=O) groups excluding carboxylic acids is 1. The average Bonchev–Trinajstić information content (AvgIpc) is 2.60. The Balaban J connectivity index is 0.00000392. The van der Waals surface area contributed by atoms with Crippen molar-refractivity contribution in [2.24, 2.45) is 10.4 Å². The summed E-state index contributed by atoms with van der Waals surface area (Å²) in [6.07, 6.45) is -0.124. The number of aliphatic imine (C=N–C) groups is 1. The Morgan fingerprint density at radius 2 is 1.82 bits per heavy atom. The molecule has 2 atom stereocenters. The maximum absolute atomic E-state index is 13.2. The van der Waals surface area contributed by atoms with Gasteiger partial charge in [-0.2, -0.15) is 0 Å². The standard InChI is InChI=1S/C20H31FN4O2.HI/c1-14-12-25(13-17(27-14)15-6-8-16(21)9-7-15)19(22-5)24-11-10-23-18(26)20(2,3)4;/h6-9,14,17H,10-13H2,1-5H3,(H,22,24)(H,23,26);1H. The summed E-state index contributed by atoms with van der Waals surface area (Å²) >= 11 is 0. The third-order valence-electron chi connectivity index (χ3n) is 4.39. The van der Waals surface area contributed by atoms with Crippen LogP contribution < -0.4 is 10.6 Å². The van der Waals surface area contributed by atoms with E-state index in [4.69, 9.17) is 4.74 Å². The zero-order valence-corrected chi connectivity index (χ0v) is 19.6. The number of ether oxygens (including phenoxy) is 1. The van der Waals surface area contributed by atoms with Crippen LogP contribution in [0.15, 0.2) is 29.3 Å². The van der Waals surface area contributed by atoms with E-state index in [1.54, 1.807) is 19.2 Å². The summed E-state index contributed by atoms with van der Waals surface area (Å²) in [6, 6.07) is 6.42. The fourth-order valence-corrected chi connectivity index (χ4v) is 2.93. The minimum atomic E-state index is -0.399. The maximum atomic E-state index is 13.2. The summed E-state index contributed by atoms with van der Waals surface area (Å²) in [4.78, 5) is 18.4. The Hall–Kier alpha value is -1.42. The molecule has 1 aromatic carbocycles. The lowest BCUT2D eigenvalue weighted by Gasteiger charge is -2.38. The highest BCUT2D eigenvalue weighted by Gasteiger charge is 2.28. The lowest BCUT2D eigenvalue weighted by atomic mass is 9.96. The number of hydrogen-bond donors (Lipinski definition) is 2. The van der Waals surface area contributed by atoms with E-state index in [1.807, 2.05) is 27.7 Å². The van der Waals surface area contributed by atoms with Gasteiger partial charge in [0, 0.05) is 32.1 Å². The first-order valence-electron chi connectivity index (χ1n) is 9.35. The molecule has 1 aromatic rings. The number of nitrogens with zero attached hydrogens (tertiary/aromatic N) is 2. The van der Waals surface area contributed by atoms with Crippen LogP contribution in [0.2, 0.25) is 0 Å². The van der Waals surface area contributed by atoms with E-state index in [1.165, 1.54) is 12.1 Å². The first-order valence-corrected chi connectivity index (χ1v) is 9.35. The van der Waals surface area contributed by atoms with E-state index in [0.29, 0.717) is 26.2 Å². The zero-order valence-electron chi connectivity index (χ0n) is 17.3. The highest BCUT2D eigenvalue weighted by Crippen LogP contribution is 2.25. The lowest BCUT2D eigenvalue weighted by Crippen LogP contribution is -2.52. The molecular formula is C20H32FIN4O2. The number of benzene rings is 1. The fourth-order valence-electron chi connectivity index (χ4n) is 2.93. The molecule has 1 heterocycles. The average molecular weight is 506 g/mol. The van der Waals surface area contributed by atoms with Crippen LogP contribution in [0.3, 0.4) is 0 Å². The molecule has 2 rings (SSSR count). The second kappa shape index (κ2) is 10.9. The molecule has 0 aliphatic carbocycles. The van der Waals surface area contributed by atoms with Gasteiger partial charge < -0.3 is 20.3 Å². The van der Waals surface area contributed by atoms with Crippen molar-refractivity contribution in [1.82, 2.24) is 15.5 Å². The van der Waals surface area contributed by atoms with Crippen molar-refractivity contribution < 1.29 is 13.9 Å². The van der Waals surface area contributed by atoms with Crippen LogP contribution >= 0.6 is 24.0 Å². The summed E-state index contributed by atoms with van der Waals surface area (Å²) in [5.74, 6) is 0.534. The topological polar surface area (TPSA) is 66.0 Å². The van der Waals surface area contributed by atoms with Gasteiger partial charge in [0.15, 0.2) is 5.96 Å². The first kappa shape index (κ1) is 24.6.